The maximum Gasteiger partial charge on any atom is 0.312 e. The van der Waals surface area contributed by atoms with Crippen LogP contribution in [0.5, 0.6) is 0 Å². The zero-order valence-electron chi connectivity index (χ0n) is 12.7. The van der Waals surface area contributed by atoms with Crippen LogP contribution in [0.1, 0.15) is 25.8 Å². The number of aryl methyl sites for hydroxylation is 1. The Labute approximate surface area is 129 Å². The van der Waals surface area contributed by atoms with E-state index in [4.69, 9.17) is 10.5 Å². The van der Waals surface area contributed by atoms with Crippen molar-refractivity contribution in [2.24, 2.45) is 11.7 Å². The van der Waals surface area contributed by atoms with E-state index < -0.39 is 23.9 Å². The van der Waals surface area contributed by atoms with E-state index in [0.717, 1.165) is 12.1 Å². The minimum atomic E-state index is -0.986. The van der Waals surface area contributed by atoms with Gasteiger partial charge in [-0.05, 0) is 31.0 Å². The number of nitrogens with zero attached hydrogens (tertiary/aromatic N) is 1. The van der Waals surface area contributed by atoms with Crippen LogP contribution in [0.4, 0.5) is 5.69 Å². The number of rotatable bonds is 5. The fraction of sp³-hybridized carbons (Fsp3) is 0.438. The van der Waals surface area contributed by atoms with Gasteiger partial charge in [0, 0.05) is 18.7 Å². The largest absolute Gasteiger partial charge is 0.452 e. The first kappa shape index (κ1) is 16.0. The number of hydrogen-bond donors (Lipinski definition) is 1. The van der Waals surface area contributed by atoms with E-state index in [1.54, 1.807) is 4.90 Å². The lowest BCUT2D eigenvalue weighted by atomic mass is 10.1. The summed E-state index contributed by atoms with van der Waals surface area (Å²) >= 11 is 0. The van der Waals surface area contributed by atoms with Crippen molar-refractivity contribution in [3.8, 4) is 0 Å². The van der Waals surface area contributed by atoms with E-state index in [0.29, 0.717) is 0 Å². The molecular formula is C16H20N2O4. The van der Waals surface area contributed by atoms with Gasteiger partial charge in [0.15, 0.2) is 6.10 Å². The molecule has 0 aromatic heterocycles. The van der Waals surface area contributed by atoms with Gasteiger partial charge >= 0.3 is 5.97 Å². The van der Waals surface area contributed by atoms with Crippen LogP contribution in [0.2, 0.25) is 0 Å². The second kappa shape index (κ2) is 6.60. The van der Waals surface area contributed by atoms with Gasteiger partial charge in [0.05, 0.1) is 5.92 Å². The molecule has 1 saturated heterocycles. The van der Waals surface area contributed by atoms with Crippen molar-refractivity contribution in [3.63, 3.8) is 0 Å². The molecule has 2 amide bonds. The molecule has 6 heteroatoms. The maximum atomic E-state index is 12.1. The molecule has 0 spiro atoms. The summed E-state index contributed by atoms with van der Waals surface area (Å²) in [7, 11) is 0. The van der Waals surface area contributed by atoms with E-state index in [9.17, 15) is 14.4 Å². The van der Waals surface area contributed by atoms with Gasteiger partial charge in [-0.1, -0.05) is 19.1 Å². The Balaban J connectivity index is 2.03. The van der Waals surface area contributed by atoms with Gasteiger partial charge in [-0.15, -0.1) is 0 Å². The zero-order chi connectivity index (χ0) is 16.3. The standard InChI is InChI=1S/C16H20N2O4/c1-3-11-4-6-13(7-5-11)18-9-12(8-14(18)19)16(21)22-10(2)15(17)20/h4-7,10,12H,3,8-9H2,1-2H3,(H2,17,20)/t10-,12+/m0/s1. The summed E-state index contributed by atoms with van der Waals surface area (Å²) in [5.41, 5.74) is 7.01. The number of primary amides is 1. The zero-order valence-corrected chi connectivity index (χ0v) is 12.7. The van der Waals surface area contributed by atoms with E-state index in [1.165, 1.54) is 12.5 Å². The molecule has 22 heavy (non-hydrogen) atoms. The van der Waals surface area contributed by atoms with Crippen LogP contribution in [0, 0.1) is 5.92 Å². The Morgan fingerprint density at radius 3 is 2.55 bits per heavy atom. The molecule has 2 rings (SSSR count). The molecule has 0 bridgehead atoms. The van der Waals surface area contributed by atoms with E-state index in [2.05, 4.69) is 6.92 Å². The van der Waals surface area contributed by atoms with Gasteiger partial charge < -0.3 is 15.4 Å². The van der Waals surface area contributed by atoms with E-state index in [-0.39, 0.29) is 18.9 Å². The lowest BCUT2D eigenvalue weighted by Gasteiger charge is -2.17. The van der Waals surface area contributed by atoms with Gasteiger partial charge in [0.2, 0.25) is 5.91 Å². The minimum absolute atomic E-state index is 0.0832. The summed E-state index contributed by atoms with van der Waals surface area (Å²) in [5, 5.41) is 0. The number of carbonyl (C=O) groups is 3. The first-order valence-corrected chi connectivity index (χ1v) is 7.31. The molecule has 0 saturated carbocycles. The Kier molecular flexibility index (Phi) is 4.80. The summed E-state index contributed by atoms with van der Waals surface area (Å²) in [5.74, 6) is -1.96. The van der Waals surface area contributed by atoms with E-state index in [1.807, 2.05) is 24.3 Å². The van der Waals surface area contributed by atoms with Crippen molar-refractivity contribution in [2.75, 3.05) is 11.4 Å². The number of anilines is 1. The molecule has 1 fully saturated rings. The number of hydrogen-bond acceptors (Lipinski definition) is 4. The summed E-state index contributed by atoms with van der Waals surface area (Å²) in [4.78, 5) is 36.6. The molecular weight excluding hydrogens is 284 g/mol. The number of nitrogens with two attached hydrogens (primary N) is 1. The van der Waals surface area contributed by atoms with Crippen molar-refractivity contribution in [1.82, 2.24) is 0 Å². The smallest absolute Gasteiger partial charge is 0.312 e. The third kappa shape index (κ3) is 3.44. The van der Waals surface area contributed by atoms with Crippen molar-refractivity contribution >= 4 is 23.5 Å². The molecule has 6 nitrogen and oxygen atoms in total. The van der Waals surface area contributed by atoms with Crippen LogP contribution >= 0.6 is 0 Å². The van der Waals surface area contributed by atoms with Crippen LogP contribution in [0.25, 0.3) is 0 Å². The fourth-order valence-corrected chi connectivity index (χ4v) is 2.36. The Morgan fingerprint density at radius 1 is 1.36 bits per heavy atom. The third-order valence-electron chi connectivity index (χ3n) is 3.81. The summed E-state index contributed by atoms with van der Waals surface area (Å²) in [6.07, 6.45) is 0.0223. The van der Waals surface area contributed by atoms with Gasteiger partial charge in [0.25, 0.3) is 5.91 Å². The van der Waals surface area contributed by atoms with Crippen molar-refractivity contribution in [1.29, 1.82) is 0 Å². The summed E-state index contributed by atoms with van der Waals surface area (Å²) in [6, 6.07) is 7.67. The number of amides is 2. The monoisotopic (exact) mass is 304 g/mol. The molecule has 0 unspecified atom stereocenters. The summed E-state index contributed by atoms with van der Waals surface area (Å²) < 4.78 is 4.97. The molecule has 1 aliphatic rings. The first-order chi connectivity index (χ1) is 10.4. The Morgan fingerprint density at radius 2 is 2.00 bits per heavy atom. The normalized spacial score (nSPS) is 19.1. The first-order valence-electron chi connectivity index (χ1n) is 7.31. The molecule has 1 heterocycles. The Bertz CT molecular complexity index is 582. The quantitative estimate of drug-likeness (QED) is 0.822. The third-order valence-corrected chi connectivity index (χ3v) is 3.81. The van der Waals surface area contributed by atoms with Crippen LogP contribution in [-0.4, -0.2) is 30.4 Å². The highest BCUT2D eigenvalue weighted by Gasteiger charge is 2.37. The highest BCUT2D eigenvalue weighted by atomic mass is 16.5. The number of esters is 1. The second-order valence-electron chi connectivity index (χ2n) is 5.41. The highest BCUT2D eigenvalue weighted by Crippen LogP contribution is 2.26. The second-order valence-corrected chi connectivity index (χ2v) is 5.41. The van der Waals surface area contributed by atoms with E-state index >= 15 is 0 Å². The number of benzene rings is 1. The molecule has 1 aromatic rings. The van der Waals surface area contributed by atoms with Crippen LogP contribution < -0.4 is 10.6 Å². The fourth-order valence-electron chi connectivity index (χ4n) is 2.36. The molecule has 2 atom stereocenters. The van der Waals surface area contributed by atoms with Crippen molar-refractivity contribution < 1.29 is 19.1 Å². The van der Waals surface area contributed by atoms with Crippen molar-refractivity contribution in [2.45, 2.75) is 32.8 Å². The van der Waals surface area contributed by atoms with Gasteiger partial charge in [0.1, 0.15) is 0 Å². The molecule has 0 aliphatic carbocycles. The predicted molar refractivity (Wildman–Crippen MR) is 81.0 cm³/mol. The molecule has 2 N–H and O–H groups in total. The molecule has 1 aliphatic heterocycles. The lowest BCUT2D eigenvalue weighted by molar-refractivity contribution is -0.157. The van der Waals surface area contributed by atoms with Crippen molar-refractivity contribution in [3.05, 3.63) is 29.8 Å². The van der Waals surface area contributed by atoms with Gasteiger partial charge in [-0.25, -0.2) is 0 Å². The van der Waals surface area contributed by atoms with Crippen LogP contribution in [-0.2, 0) is 25.5 Å². The van der Waals surface area contributed by atoms with Gasteiger partial charge in [-0.2, -0.15) is 0 Å². The maximum absolute atomic E-state index is 12.1. The molecule has 1 aromatic carbocycles. The Hall–Kier alpha value is -2.37. The average molecular weight is 304 g/mol. The number of carbonyl (C=O) groups excluding carboxylic acids is 3. The highest BCUT2D eigenvalue weighted by molar-refractivity contribution is 5.99. The lowest BCUT2D eigenvalue weighted by Crippen LogP contribution is -2.33. The van der Waals surface area contributed by atoms with Gasteiger partial charge in [-0.3, -0.25) is 14.4 Å². The van der Waals surface area contributed by atoms with Crippen LogP contribution in [0.3, 0.4) is 0 Å². The minimum Gasteiger partial charge on any atom is -0.452 e. The topological polar surface area (TPSA) is 89.7 Å². The number of ether oxygens (including phenoxy) is 1. The molecule has 0 radical (unpaired) electrons. The van der Waals surface area contributed by atoms with Crippen LogP contribution in [0.15, 0.2) is 24.3 Å². The summed E-state index contributed by atoms with van der Waals surface area (Å²) in [6.45, 7) is 3.73. The SMILES string of the molecule is CCc1ccc(N2C[C@H](C(=O)O[C@@H](C)C(N)=O)CC2=O)cc1. The molecule has 118 valence electrons. The predicted octanol–water partition coefficient (Wildman–Crippen LogP) is 1.02. The average Bonchev–Trinajstić information content (AvgIpc) is 2.89.